The third-order valence-corrected chi connectivity index (χ3v) is 5.10. The number of hydrogen-bond acceptors (Lipinski definition) is 4. The van der Waals surface area contributed by atoms with Gasteiger partial charge in [0.2, 0.25) is 11.8 Å². The number of terminal acetylenes is 1. The average molecular weight is 436 g/mol. The maximum Gasteiger partial charge on any atom is 0.261 e. The van der Waals surface area contributed by atoms with Crippen molar-refractivity contribution in [2.75, 3.05) is 10.2 Å². The minimum Gasteiger partial charge on any atom is -0.373 e. The number of rotatable bonds is 5. The highest BCUT2D eigenvalue weighted by molar-refractivity contribution is 6.40. The van der Waals surface area contributed by atoms with Crippen molar-refractivity contribution >= 4 is 52.3 Å². The normalized spacial score (nSPS) is 15.2. The van der Waals surface area contributed by atoms with Gasteiger partial charge >= 0.3 is 0 Å². The van der Waals surface area contributed by atoms with Gasteiger partial charge in [0.05, 0.1) is 33.4 Å². The van der Waals surface area contributed by atoms with E-state index in [1.54, 1.807) is 34.6 Å². The molecule has 1 unspecified atom stereocenters. The second kappa shape index (κ2) is 8.48. The van der Waals surface area contributed by atoms with Crippen LogP contribution in [0.4, 0.5) is 11.4 Å². The topological polar surface area (TPSA) is 78.5 Å². The highest BCUT2D eigenvalue weighted by Crippen LogP contribution is 2.38. The molecule has 2 N–H and O–H groups in total. The first kappa shape index (κ1) is 22.8. The van der Waals surface area contributed by atoms with Crippen LogP contribution in [0, 0.1) is 12.3 Å². The van der Waals surface area contributed by atoms with E-state index >= 15 is 0 Å². The summed E-state index contributed by atoms with van der Waals surface area (Å²) in [6.45, 7) is 8.60. The van der Waals surface area contributed by atoms with Gasteiger partial charge in [-0.1, -0.05) is 34.7 Å². The molecule has 0 aromatic heterocycles. The number of benzene rings is 1. The first-order valence-electron chi connectivity index (χ1n) is 8.97. The summed E-state index contributed by atoms with van der Waals surface area (Å²) in [6.07, 6.45) is 5.42. The molecule has 0 radical (unpaired) electrons. The molecule has 154 valence electrons. The number of allylic oxidation sites excluding steroid dienone is 1. The maximum absolute atomic E-state index is 12.7. The second-order valence-corrected chi connectivity index (χ2v) is 8.41. The first-order chi connectivity index (χ1) is 13.4. The van der Waals surface area contributed by atoms with Gasteiger partial charge in [0.15, 0.2) is 0 Å². The zero-order chi connectivity index (χ0) is 22.1. The number of nitrogens with one attached hydrogen (secondary N) is 2. The fourth-order valence-corrected chi connectivity index (χ4v) is 3.28. The Morgan fingerprint density at radius 2 is 1.86 bits per heavy atom. The molecule has 0 spiro atoms. The summed E-state index contributed by atoms with van der Waals surface area (Å²) < 4.78 is 0. The number of imide groups is 1. The lowest BCUT2D eigenvalue weighted by atomic mass is 10.1. The van der Waals surface area contributed by atoms with Crippen LogP contribution in [0.2, 0.25) is 10.0 Å². The molecule has 0 bridgehead atoms. The molecule has 2 rings (SSSR count). The van der Waals surface area contributed by atoms with Crippen LogP contribution in [0.25, 0.3) is 0 Å². The summed E-state index contributed by atoms with van der Waals surface area (Å²) in [6, 6.07) is 2.23. The molecule has 6 nitrogen and oxygen atoms in total. The number of carbonyl (C=O) groups excluding carboxylic acids is 3. The van der Waals surface area contributed by atoms with Crippen molar-refractivity contribution in [2.24, 2.45) is 0 Å². The van der Waals surface area contributed by atoms with E-state index in [4.69, 9.17) is 29.6 Å². The number of amides is 3. The van der Waals surface area contributed by atoms with Crippen molar-refractivity contribution in [1.29, 1.82) is 0 Å². The highest BCUT2D eigenvalue weighted by Gasteiger charge is 2.37. The largest absolute Gasteiger partial charge is 0.373 e. The summed E-state index contributed by atoms with van der Waals surface area (Å²) >= 11 is 12.5. The van der Waals surface area contributed by atoms with E-state index in [1.165, 1.54) is 12.1 Å². The van der Waals surface area contributed by atoms with Crippen LogP contribution in [0.1, 0.15) is 41.0 Å². The highest BCUT2D eigenvalue weighted by atomic mass is 35.5. The zero-order valence-corrected chi connectivity index (χ0v) is 18.5. The zero-order valence-electron chi connectivity index (χ0n) is 16.9. The van der Waals surface area contributed by atoms with Gasteiger partial charge in [0, 0.05) is 5.57 Å². The summed E-state index contributed by atoms with van der Waals surface area (Å²) in [7, 11) is 0. The van der Waals surface area contributed by atoms with Gasteiger partial charge in [0.1, 0.15) is 6.04 Å². The van der Waals surface area contributed by atoms with Gasteiger partial charge in [-0.25, -0.2) is 4.90 Å². The molecule has 1 atom stereocenters. The lowest BCUT2D eigenvalue weighted by Gasteiger charge is -2.24. The second-order valence-electron chi connectivity index (χ2n) is 7.60. The van der Waals surface area contributed by atoms with Crippen molar-refractivity contribution in [3.05, 3.63) is 33.3 Å². The Morgan fingerprint density at radius 3 is 2.38 bits per heavy atom. The standard InChI is InChI=1S/C21H23Cl2N3O3/c1-7-21(5,6)25-19(28)12(4)24-16-10-17(15(23)9-14(16)22)26-18(27)8-13(11(2)3)20(26)29/h1,9-10,12,24H,8H2,2-6H3,(H,25,28). The molecule has 0 aliphatic carbocycles. The predicted molar refractivity (Wildman–Crippen MR) is 116 cm³/mol. The van der Waals surface area contributed by atoms with E-state index in [2.05, 4.69) is 16.6 Å². The fraction of sp³-hybridized carbons (Fsp3) is 0.381. The van der Waals surface area contributed by atoms with Gasteiger partial charge in [-0.15, -0.1) is 6.42 Å². The Bertz CT molecular complexity index is 957. The van der Waals surface area contributed by atoms with E-state index < -0.39 is 17.5 Å². The maximum atomic E-state index is 12.7. The third kappa shape index (κ3) is 4.92. The number of halogens is 2. The Kier molecular flexibility index (Phi) is 6.67. The molecular formula is C21H23Cl2N3O3. The molecule has 29 heavy (non-hydrogen) atoms. The van der Waals surface area contributed by atoms with Crippen molar-refractivity contribution in [3.8, 4) is 12.3 Å². The summed E-state index contributed by atoms with van der Waals surface area (Å²) in [5, 5.41) is 6.11. The van der Waals surface area contributed by atoms with Gasteiger partial charge in [0.25, 0.3) is 5.91 Å². The number of nitrogens with zero attached hydrogens (tertiary/aromatic N) is 1. The monoisotopic (exact) mass is 435 g/mol. The van der Waals surface area contributed by atoms with Gasteiger partial charge in [-0.3, -0.25) is 14.4 Å². The van der Waals surface area contributed by atoms with Crippen molar-refractivity contribution in [3.63, 3.8) is 0 Å². The Balaban J connectivity index is 2.34. The van der Waals surface area contributed by atoms with Crippen molar-refractivity contribution in [1.82, 2.24) is 5.32 Å². The quantitative estimate of drug-likeness (QED) is 0.417. The van der Waals surface area contributed by atoms with Gasteiger partial charge in [-0.05, 0) is 46.8 Å². The summed E-state index contributed by atoms with van der Waals surface area (Å²) in [4.78, 5) is 38.6. The molecular weight excluding hydrogens is 413 g/mol. The Morgan fingerprint density at radius 1 is 1.24 bits per heavy atom. The molecule has 1 aliphatic heterocycles. The van der Waals surface area contributed by atoms with Gasteiger partial charge < -0.3 is 10.6 Å². The predicted octanol–water partition coefficient (Wildman–Crippen LogP) is 3.92. The van der Waals surface area contributed by atoms with E-state index in [0.717, 1.165) is 10.5 Å². The summed E-state index contributed by atoms with van der Waals surface area (Å²) in [5.41, 5.74) is 0.979. The molecule has 1 aromatic carbocycles. The van der Waals surface area contributed by atoms with E-state index in [0.29, 0.717) is 11.3 Å². The van der Waals surface area contributed by atoms with Crippen LogP contribution in [0.3, 0.4) is 0 Å². The first-order valence-corrected chi connectivity index (χ1v) is 9.72. The average Bonchev–Trinajstić information content (AvgIpc) is 2.91. The molecule has 0 saturated carbocycles. The van der Waals surface area contributed by atoms with Crippen molar-refractivity contribution in [2.45, 2.75) is 52.6 Å². The molecule has 1 heterocycles. The molecule has 1 fully saturated rings. The summed E-state index contributed by atoms with van der Waals surface area (Å²) in [5.74, 6) is 1.37. The lowest BCUT2D eigenvalue weighted by molar-refractivity contribution is -0.123. The molecule has 3 amide bonds. The van der Waals surface area contributed by atoms with E-state index in [9.17, 15) is 14.4 Å². The number of carbonyl (C=O) groups is 3. The molecule has 8 heteroatoms. The SMILES string of the molecule is C#CC(C)(C)NC(=O)C(C)Nc1cc(N2C(=O)CC(=C(C)C)C2=O)c(Cl)cc1Cl. The molecule has 1 saturated heterocycles. The smallest absolute Gasteiger partial charge is 0.261 e. The van der Waals surface area contributed by atoms with E-state index in [-0.39, 0.29) is 34.0 Å². The molecule has 1 aliphatic rings. The third-order valence-electron chi connectivity index (χ3n) is 4.48. The van der Waals surface area contributed by atoms with Gasteiger partial charge in [-0.2, -0.15) is 0 Å². The van der Waals surface area contributed by atoms with Crippen LogP contribution in [0.5, 0.6) is 0 Å². The Labute approximate surface area is 180 Å². The van der Waals surface area contributed by atoms with Crippen LogP contribution < -0.4 is 15.5 Å². The van der Waals surface area contributed by atoms with Crippen LogP contribution >= 0.6 is 23.2 Å². The number of hydrogen-bond donors (Lipinski definition) is 2. The lowest BCUT2D eigenvalue weighted by Crippen LogP contribution is -2.48. The minimum absolute atomic E-state index is 0.0167. The van der Waals surface area contributed by atoms with Crippen LogP contribution in [-0.4, -0.2) is 29.3 Å². The van der Waals surface area contributed by atoms with Crippen LogP contribution in [-0.2, 0) is 14.4 Å². The van der Waals surface area contributed by atoms with Crippen LogP contribution in [0.15, 0.2) is 23.3 Å². The molecule has 1 aromatic rings. The van der Waals surface area contributed by atoms with Crippen molar-refractivity contribution < 1.29 is 14.4 Å². The number of anilines is 2. The van der Waals surface area contributed by atoms with E-state index in [1.807, 2.05) is 0 Å². The minimum atomic E-state index is -0.808. The fourth-order valence-electron chi connectivity index (χ4n) is 2.76. The Hall–Kier alpha value is -2.49.